The molecule has 0 heterocycles. The van der Waals surface area contributed by atoms with E-state index in [1.807, 2.05) is 0 Å². The van der Waals surface area contributed by atoms with Gasteiger partial charge < -0.3 is 0 Å². The van der Waals surface area contributed by atoms with Gasteiger partial charge in [-0.1, -0.05) is 24.7 Å². The Labute approximate surface area is 70.1 Å². The van der Waals surface area contributed by atoms with Crippen LogP contribution in [0.5, 0.6) is 0 Å². The van der Waals surface area contributed by atoms with Crippen LogP contribution in [0.1, 0.15) is 19.8 Å². The molecule has 1 rings (SSSR count). The van der Waals surface area contributed by atoms with Gasteiger partial charge in [-0.05, 0) is 12.5 Å². The molecule has 61 valence electrons. The molecular formula is C9H15OSi. The van der Waals surface area contributed by atoms with Crippen LogP contribution in [-0.2, 0) is 4.79 Å². The van der Waals surface area contributed by atoms with Crippen LogP contribution in [0.15, 0.2) is 11.6 Å². The number of Topliss-reactive ketones (excluding diaryl/α,β-unsaturated/α-hetero) is 1. The van der Waals surface area contributed by atoms with Gasteiger partial charge in [0.1, 0.15) is 5.78 Å². The SMILES string of the molecule is CC1=CCC(=O)CC1[Si](C)C. The zero-order chi connectivity index (χ0) is 8.43. The summed E-state index contributed by atoms with van der Waals surface area (Å²) in [5.41, 5.74) is 2.06. The number of allylic oxidation sites excluding steroid dienone is 2. The van der Waals surface area contributed by atoms with Gasteiger partial charge in [-0.3, -0.25) is 4.79 Å². The summed E-state index contributed by atoms with van der Waals surface area (Å²) in [5.74, 6) is 0.423. The van der Waals surface area contributed by atoms with E-state index in [2.05, 4.69) is 26.1 Å². The Bertz CT molecular complexity index is 194. The van der Waals surface area contributed by atoms with E-state index in [0.717, 1.165) is 6.42 Å². The van der Waals surface area contributed by atoms with Crippen molar-refractivity contribution < 1.29 is 4.79 Å². The molecule has 1 atom stereocenters. The number of hydrogen-bond donors (Lipinski definition) is 0. The quantitative estimate of drug-likeness (QED) is 0.433. The summed E-state index contributed by atoms with van der Waals surface area (Å²) in [6, 6.07) is 0. The summed E-state index contributed by atoms with van der Waals surface area (Å²) < 4.78 is 0. The number of hydrogen-bond acceptors (Lipinski definition) is 1. The first-order valence-corrected chi connectivity index (χ1v) is 6.67. The Balaban J connectivity index is 2.71. The maximum atomic E-state index is 11.1. The normalized spacial score (nSPS) is 25.6. The molecule has 0 N–H and O–H groups in total. The molecule has 1 aliphatic carbocycles. The van der Waals surface area contributed by atoms with Crippen LogP contribution >= 0.6 is 0 Å². The minimum absolute atomic E-state index is 0.306. The molecule has 0 saturated heterocycles. The van der Waals surface area contributed by atoms with E-state index in [1.54, 1.807) is 0 Å². The fraction of sp³-hybridized carbons (Fsp3) is 0.667. The highest BCUT2D eigenvalue weighted by molar-refractivity contribution is 6.58. The molecule has 11 heavy (non-hydrogen) atoms. The van der Waals surface area contributed by atoms with Gasteiger partial charge >= 0.3 is 0 Å². The van der Waals surface area contributed by atoms with Gasteiger partial charge in [0.05, 0.1) is 0 Å². The van der Waals surface area contributed by atoms with E-state index in [4.69, 9.17) is 0 Å². The van der Waals surface area contributed by atoms with Crippen molar-refractivity contribution >= 4 is 14.6 Å². The lowest BCUT2D eigenvalue weighted by Gasteiger charge is -2.23. The van der Waals surface area contributed by atoms with E-state index in [0.29, 0.717) is 17.7 Å². The molecule has 1 nitrogen and oxygen atoms in total. The lowest BCUT2D eigenvalue weighted by molar-refractivity contribution is -0.118. The van der Waals surface area contributed by atoms with E-state index < -0.39 is 0 Å². The average Bonchev–Trinajstić information content (AvgIpc) is 1.94. The number of rotatable bonds is 1. The van der Waals surface area contributed by atoms with E-state index in [9.17, 15) is 4.79 Å². The molecule has 0 saturated carbocycles. The Morgan fingerprint density at radius 3 is 2.64 bits per heavy atom. The molecule has 0 spiro atoms. The highest BCUT2D eigenvalue weighted by Crippen LogP contribution is 2.30. The second-order valence-electron chi connectivity index (χ2n) is 3.53. The minimum atomic E-state index is -0.306. The van der Waals surface area contributed by atoms with Gasteiger partial charge in [-0.25, -0.2) is 0 Å². The van der Waals surface area contributed by atoms with E-state index in [-0.39, 0.29) is 8.80 Å². The molecule has 0 amide bonds. The Morgan fingerprint density at radius 1 is 1.55 bits per heavy atom. The number of carbonyl (C=O) groups excluding carboxylic acids is 1. The van der Waals surface area contributed by atoms with Crippen molar-refractivity contribution in [3.63, 3.8) is 0 Å². The van der Waals surface area contributed by atoms with Crippen LogP contribution in [-0.4, -0.2) is 14.6 Å². The molecule has 0 fully saturated rings. The molecule has 0 aromatic heterocycles. The van der Waals surface area contributed by atoms with Crippen LogP contribution in [0.25, 0.3) is 0 Å². The molecule has 0 aromatic carbocycles. The molecular weight excluding hydrogens is 152 g/mol. The number of carbonyl (C=O) groups is 1. The number of ketones is 1. The fourth-order valence-corrected chi connectivity index (χ4v) is 3.21. The highest BCUT2D eigenvalue weighted by Gasteiger charge is 2.22. The molecule has 1 aliphatic rings. The van der Waals surface area contributed by atoms with Crippen molar-refractivity contribution in [1.82, 2.24) is 0 Å². The smallest absolute Gasteiger partial charge is 0.136 e. The third-order valence-electron chi connectivity index (χ3n) is 2.33. The first-order chi connectivity index (χ1) is 5.11. The van der Waals surface area contributed by atoms with Crippen molar-refractivity contribution in [2.45, 2.75) is 38.4 Å². The Kier molecular flexibility index (Phi) is 2.65. The Morgan fingerprint density at radius 2 is 2.18 bits per heavy atom. The standard InChI is InChI=1S/C9H15OSi/c1-7-4-5-8(10)6-9(7)11(2)3/h4,9H,5-6H2,1-3H3. The first-order valence-electron chi connectivity index (χ1n) is 4.09. The van der Waals surface area contributed by atoms with Crippen molar-refractivity contribution in [3.05, 3.63) is 11.6 Å². The summed E-state index contributed by atoms with van der Waals surface area (Å²) in [5, 5.41) is 0. The molecule has 0 aromatic rings. The predicted molar refractivity (Wildman–Crippen MR) is 49.2 cm³/mol. The van der Waals surface area contributed by atoms with Crippen LogP contribution in [0.3, 0.4) is 0 Å². The maximum Gasteiger partial charge on any atom is 0.136 e. The van der Waals surface area contributed by atoms with Gasteiger partial charge in [-0.15, -0.1) is 0 Å². The fourth-order valence-electron chi connectivity index (χ4n) is 1.55. The zero-order valence-electron chi connectivity index (χ0n) is 7.48. The van der Waals surface area contributed by atoms with Gasteiger partial charge in [0.15, 0.2) is 0 Å². The van der Waals surface area contributed by atoms with Crippen LogP contribution in [0.2, 0.25) is 18.6 Å². The van der Waals surface area contributed by atoms with Crippen molar-refractivity contribution in [2.75, 3.05) is 0 Å². The summed E-state index contributed by atoms with van der Waals surface area (Å²) in [7, 11) is -0.306. The zero-order valence-corrected chi connectivity index (χ0v) is 8.48. The van der Waals surface area contributed by atoms with Crippen molar-refractivity contribution in [3.8, 4) is 0 Å². The summed E-state index contributed by atoms with van der Waals surface area (Å²) in [6.45, 7) is 6.73. The summed E-state index contributed by atoms with van der Waals surface area (Å²) in [4.78, 5) is 11.1. The lowest BCUT2D eigenvalue weighted by Crippen LogP contribution is -2.20. The molecule has 2 heteroatoms. The summed E-state index contributed by atoms with van der Waals surface area (Å²) >= 11 is 0. The second-order valence-corrected chi connectivity index (χ2v) is 6.38. The van der Waals surface area contributed by atoms with Crippen LogP contribution < -0.4 is 0 Å². The maximum absolute atomic E-state index is 11.1. The van der Waals surface area contributed by atoms with Gasteiger partial charge in [0.25, 0.3) is 0 Å². The van der Waals surface area contributed by atoms with E-state index >= 15 is 0 Å². The monoisotopic (exact) mass is 167 g/mol. The largest absolute Gasteiger partial charge is 0.299 e. The third-order valence-corrected chi connectivity index (χ3v) is 4.38. The second kappa shape index (κ2) is 3.35. The van der Waals surface area contributed by atoms with E-state index in [1.165, 1.54) is 5.57 Å². The van der Waals surface area contributed by atoms with Crippen LogP contribution in [0.4, 0.5) is 0 Å². The third kappa shape index (κ3) is 2.03. The highest BCUT2D eigenvalue weighted by atomic mass is 28.3. The minimum Gasteiger partial charge on any atom is -0.299 e. The molecule has 0 bridgehead atoms. The molecule has 1 radical (unpaired) electrons. The lowest BCUT2D eigenvalue weighted by atomic mass is 9.99. The van der Waals surface area contributed by atoms with Crippen LogP contribution in [0, 0.1) is 0 Å². The summed E-state index contributed by atoms with van der Waals surface area (Å²) in [6.07, 6.45) is 3.59. The van der Waals surface area contributed by atoms with Gasteiger partial charge in [0, 0.05) is 21.6 Å². The van der Waals surface area contributed by atoms with Gasteiger partial charge in [0.2, 0.25) is 0 Å². The predicted octanol–water partition coefficient (Wildman–Crippen LogP) is 2.42. The Hall–Kier alpha value is -0.373. The topological polar surface area (TPSA) is 17.1 Å². The average molecular weight is 167 g/mol. The van der Waals surface area contributed by atoms with Crippen molar-refractivity contribution in [2.24, 2.45) is 0 Å². The van der Waals surface area contributed by atoms with Crippen molar-refractivity contribution in [1.29, 1.82) is 0 Å². The van der Waals surface area contributed by atoms with Gasteiger partial charge in [-0.2, -0.15) is 0 Å². The first kappa shape index (κ1) is 8.72. The molecule has 1 unspecified atom stereocenters. The molecule has 0 aliphatic heterocycles.